The van der Waals surface area contributed by atoms with Gasteiger partial charge in [-0.15, -0.1) is 0 Å². The first-order valence-corrected chi connectivity index (χ1v) is 8.58. The van der Waals surface area contributed by atoms with E-state index >= 15 is 0 Å². The molecule has 29 heavy (non-hydrogen) atoms. The van der Waals surface area contributed by atoms with E-state index < -0.39 is 29.5 Å². The maximum absolute atomic E-state index is 13.7. The molecule has 0 fully saturated rings. The number of fused-ring (bicyclic) bond motifs is 4. The number of rotatable bonds is 2. The summed E-state index contributed by atoms with van der Waals surface area (Å²) >= 11 is 0. The third-order valence-electron chi connectivity index (χ3n) is 5.05. The van der Waals surface area contributed by atoms with Crippen LogP contribution in [0.3, 0.4) is 0 Å². The maximum Gasteiger partial charge on any atom is 0.344 e. The van der Waals surface area contributed by atoms with Gasteiger partial charge in [0.15, 0.2) is 5.41 Å². The molecule has 1 atom stereocenters. The summed E-state index contributed by atoms with van der Waals surface area (Å²) in [5, 5.41) is 9.85. The monoisotopic (exact) mass is 393 g/mol. The molecule has 2 aromatic rings. The summed E-state index contributed by atoms with van der Waals surface area (Å²) in [4.78, 5) is 39.7. The van der Waals surface area contributed by atoms with Crippen LogP contribution in [0.2, 0.25) is 0 Å². The Bertz CT molecular complexity index is 1210. The number of nitrogens with zero attached hydrogens (tertiary/aromatic N) is 2. The molecule has 9 heteroatoms. The quantitative estimate of drug-likeness (QED) is 0.742. The Kier molecular flexibility index (Phi) is 3.94. The summed E-state index contributed by atoms with van der Waals surface area (Å²) < 4.78 is 15.4. The van der Waals surface area contributed by atoms with Gasteiger partial charge in [-0.05, 0) is 13.0 Å². The van der Waals surface area contributed by atoms with E-state index in [1.165, 1.54) is 18.1 Å². The minimum Gasteiger partial charge on any atom is -0.468 e. The minimum absolute atomic E-state index is 0.0262. The summed E-state index contributed by atoms with van der Waals surface area (Å²) in [6.07, 6.45) is 0. The largest absolute Gasteiger partial charge is 0.468 e. The van der Waals surface area contributed by atoms with Crippen LogP contribution in [0.15, 0.2) is 51.0 Å². The van der Waals surface area contributed by atoms with Crippen LogP contribution in [0, 0.1) is 18.3 Å². The standard InChI is InChI=1S/C20H15N3O6/c1-10-7-14-16(18(25)28-10)20(12(8-21)17(22)29-14)11-5-3-4-6-13(11)23(19(20)26)9-15(24)27-2/h3-7H,9,22H2,1-2H3/t20-/m0/s1. The van der Waals surface area contributed by atoms with Crippen LogP contribution < -0.4 is 21.0 Å². The number of aryl methyl sites for hydroxylation is 1. The lowest BCUT2D eigenvalue weighted by atomic mass is 9.69. The number of amides is 1. The topological polar surface area (TPSA) is 136 Å². The van der Waals surface area contributed by atoms with E-state index in [4.69, 9.17) is 19.6 Å². The number of nitriles is 1. The van der Waals surface area contributed by atoms with Crippen molar-refractivity contribution in [3.8, 4) is 11.8 Å². The molecule has 2 aliphatic heterocycles. The van der Waals surface area contributed by atoms with E-state index in [1.807, 2.05) is 6.07 Å². The van der Waals surface area contributed by atoms with Crippen LogP contribution >= 0.6 is 0 Å². The Morgan fingerprint density at radius 1 is 1.34 bits per heavy atom. The zero-order chi connectivity index (χ0) is 20.9. The molecule has 1 spiro atoms. The van der Waals surface area contributed by atoms with Gasteiger partial charge < -0.3 is 19.6 Å². The van der Waals surface area contributed by atoms with Crippen molar-refractivity contribution in [3.05, 3.63) is 69.1 Å². The molecule has 0 saturated heterocycles. The van der Waals surface area contributed by atoms with Gasteiger partial charge in [-0.25, -0.2) is 4.79 Å². The van der Waals surface area contributed by atoms with Gasteiger partial charge in [0.1, 0.15) is 35.3 Å². The Morgan fingerprint density at radius 2 is 2.07 bits per heavy atom. The smallest absolute Gasteiger partial charge is 0.344 e. The fraction of sp³-hybridized carbons (Fsp3) is 0.200. The lowest BCUT2D eigenvalue weighted by Crippen LogP contribution is -2.49. The number of methoxy groups -OCH3 is 1. The average molecular weight is 393 g/mol. The van der Waals surface area contributed by atoms with Crippen LogP contribution in [0.1, 0.15) is 16.9 Å². The number of esters is 1. The molecule has 2 aliphatic rings. The highest BCUT2D eigenvalue weighted by Gasteiger charge is 2.61. The lowest BCUT2D eigenvalue weighted by molar-refractivity contribution is -0.140. The van der Waals surface area contributed by atoms with E-state index in [1.54, 1.807) is 31.2 Å². The van der Waals surface area contributed by atoms with E-state index in [2.05, 4.69) is 0 Å². The normalized spacial score (nSPS) is 19.5. The Hall–Kier alpha value is -4.06. The number of benzene rings is 1. The highest BCUT2D eigenvalue weighted by molar-refractivity contribution is 6.15. The van der Waals surface area contributed by atoms with E-state index in [9.17, 15) is 19.6 Å². The molecule has 3 heterocycles. The first-order chi connectivity index (χ1) is 13.9. The fourth-order valence-corrected chi connectivity index (χ4v) is 3.91. The Balaban J connectivity index is 2.12. The number of ether oxygens (including phenoxy) is 2. The summed E-state index contributed by atoms with van der Waals surface area (Å²) in [5.74, 6) is -1.37. The second-order valence-electron chi connectivity index (χ2n) is 6.57. The summed E-state index contributed by atoms with van der Waals surface area (Å²) in [6.45, 7) is 1.14. The summed E-state index contributed by atoms with van der Waals surface area (Å²) in [7, 11) is 1.20. The second-order valence-corrected chi connectivity index (χ2v) is 6.57. The van der Waals surface area contributed by atoms with Crippen molar-refractivity contribution in [1.82, 2.24) is 0 Å². The van der Waals surface area contributed by atoms with Gasteiger partial charge in [0.25, 0.3) is 0 Å². The molecule has 0 unspecified atom stereocenters. The second kappa shape index (κ2) is 6.24. The molecule has 4 rings (SSSR count). The Labute approximate surface area is 164 Å². The average Bonchev–Trinajstić information content (AvgIpc) is 2.91. The predicted molar refractivity (Wildman–Crippen MR) is 98.8 cm³/mol. The van der Waals surface area contributed by atoms with E-state index in [0.717, 1.165) is 0 Å². The molecule has 9 nitrogen and oxygen atoms in total. The summed E-state index contributed by atoms with van der Waals surface area (Å²) in [5.41, 5.74) is 3.56. The van der Waals surface area contributed by atoms with Crippen molar-refractivity contribution in [1.29, 1.82) is 5.26 Å². The number of carbonyl (C=O) groups excluding carboxylic acids is 2. The van der Waals surface area contributed by atoms with Gasteiger partial charge in [0.05, 0.1) is 7.11 Å². The number of hydrogen-bond donors (Lipinski definition) is 1. The molecule has 0 saturated carbocycles. The first-order valence-electron chi connectivity index (χ1n) is 8.58. The number of anilines is 1. The zero-order valence-electron chi connectivity index (χ0n) is 15.5. The van der Waals surface area contributed by atoms with Gasteiger partial charge in [-0.3, -0.25) is 14.5 Å². The van der Waals surface area contributed by atoms with Crippen LogP contribution in [0.4, 0.5) is 5.69 Å². The molecule has 1 aromatic carbocycles. The molecule has 1 amide bonds. The van der Waals surface area contributed by atoms with Crippen LogP contribution in [0.5, 0.6) is 5.75 Å². The molecule has 146 valence electrons. The number of nitrogens with two attached hydrogens (primary N) is 1. The highest BCUT2D eigenvalue weighted by Crippen LogP contribution is 2.54. The van der Waals surface area contributed by atoms with Gasteiger partial charge >= 0.3 is 11.6 Å². The minimum atomic E-state index is -1.88. The van der Waals surface area contributed by atoms with Gasteiger partial charge in [0.2, 0.25) is 11.8 Å². The molecule has 2 N–H and O–H groups in total. The third-order valence-corrected chi connectivity index (χ3v) is 5.05. The van der Waals surface area contributed by atoms with E-state index in [0.29, 0.717) is 11.3 Å². The van der Waals surface area contributed by atoms with E-state index in [-0.39, 0.29) is 28.5 Å². The molecular weight excluding hydrogens is 378 g/mol. The van der Waals surface area contributed by atoms with Crippen molar-refractivity contribution >= 4 is 17.6 Å². The van der Waals surface area contributed by atoms with Crippen LogP contribution in [-0.2, 0) is 19.7 Å². The van der Waals surface area contributed by atoms with Crippen molar-refractivity contribution in [2.45, 2.75) is 12.3 Å². The molecule has 1 aromatic heterocycles. The van der Waals surface area contributed by atoms with Gasteiger partial charge in [-0.1, -0.05) is 18.2 Å². The maximum atomic E-state index is 13.7. The molecule has 0 radical (unpaired) electrons. The first kappa shape index (κ1) is 18.3. The SMILES string of the molecule is COC(=O)CN1C(=O)[C@]2(C(C#N)=C(N)Oc3cc(C)oc(=O)c32)c2ccccc21. The third kappa shape index (κ3) is 2.29. The summed E-state index contributed by atoms with van der Waals surface area (Å²) in [6, 6.07) is 9.89. The molecule has 0 aliphatic carbocycles. The number of hydrogen-bond acceptors (Lipinski definition) is 8. The van der Waals surface area contributed by atoms with Crippen molar-refractivity contribution in [2.75, 3.05) is 18.6 Å². The number of carbonyl (C=O) groups is 2. The zero-order valence-corrected chi connectivity index (χ0v) is 15.5. The predicted octanol–water partition coefficient (Wildman–Crippen LogP) is 0.840. The van der Waals surface area contributed by atoms with Crippen LogP contribution in [0.25, 0.3) is 0 Å². The van der Waals surface area contributed by atoms with Crippen molar-refractivity contribution in [3.63, 3.8) is 0 Å². The van der Waals surface area contributed by atoms with Crippen molar-refractivity contribution in [2.24, 2.45) is 5.73 Å². The van der Waals surface area contributed by atoms with Crippen LogP contribution in [-0.4, -0.2) is 25.5 Å². The highest BCUT2D eigenvalue weighted by atomic mass is 16.5. The Morgan fingerprint density at radius 3 is 2.76 bits per heavy atom. The van der Waals surface area contributed by atoms with Crippen molar-refractivity contribution < 1.29 is 23.5 Å². The van der Waals surface area contributed by atoms with Gasteiger partial charge in [-0.2, -0.15) is 5.26 Å². The van der Waals surface area contributed by atoms with Gasteiger partial charge in [0, 0.05) is 17.3 Å². The molecule has 0 bridgehead atoms. The number of para-hydroxylation sites is 1. The lowest BCUT2D eigenvalue weighted by Gasteiger charge is -2.33. The molecular formula is C20H15N3O6. The fourth-order valence-electron chi connectivity index (χ4n) is 3.91.